The van der Waals surface area contributed by atoms with Crippen molar-refractivity contribution in [3.63, 3.8) is 0 Å². The molecule has 0 aliphatic carbocycles. The molecular weight excluding hydrogens is 506 g/mol. The van der Waals surface area contributed by atoms with E-state index in [2.05, 4.69) is 10.6 Å². The van der Waals surface area contributed by atoms with Crippen LogP contribution in [0.5, 0.6) is 5.75 Å². The van der Waals surface area contributed by atoms with E-state index in [0.717, 1.165) is 11.1 Å². The number of benzene rings is 2. The summed E-state index contributed by atoms with van der Waals surface area (Å²) < 4.78 is 10.7. The topological polar surface area (TPSA) is 97.0 Å². The molecule has 0 aliphatic heterocycles. The minimum atomic E-state index is -0.935. The van der Waals surface area contributed by atoms with Crippen molar-refractivity contribution in [3.8, 4) is 5.75 Å². The predicted molar refractivity (Wildman–Crippen MR) is 159 cm³/mol. The van der Waals surface area contributed by atoms with Gasteiger partial charge < -0.3 is 25.0 Å². The Hall–Kier alpha value is -3.55. The zero-order valence-corrected chi connectivity index (χ0v) is 25.8. The molecule has 4 unspecified atom stereocenters. The summed E-state index contributed by atoms with van der Waals surface area (Å²) in [5.41, 5.74) is 2.54. The van der Waals surface area contributed by atoms with E-state index < -0.39 is 23.8 Å². The first-order chi connectivity index (χ1) is 18.7. The number of nitrogens with zero attached hydrogens (tertiary/aromatic N) is 1. The van der Waals surface area contributed by atoms with Gasteiger partial charge in [0.25, 0.3) is 5.91 Å². The van der Waals surface area contributed by atoms with E-state index in [1.54, 1.807) is 57.0 Å². The summed E-state index contributed by atoms with van der Waals surface area (Å²) >= 11 is 0. The highest BCUT2D eigenvalue weighted by molar-refractivity contribution is 5.99. The maximum atomic E-state index is 14.4. The first-order valence-electron chi connectivity index (χ1n) is 14.0. The van der Waals surface area contributed by atoms with Crippen molar-refractivity contribution in [2.24, 2.45) is 5.92 Å². The van der Waals surface area contributed by atoms with E-state index in [9.17, 15) is 14.4 Å². The zero-order valence-electron chi connectivity index (χ0n) is 25.8. The van der Waals surface area contributed by atoms with Crippen LogP contribution in [-0.2, 0) is 14.3 Å². The van der Waals surface area contributed by atoms with Crippen molar-refractivity contribution in [3.05, 3.63) is 59.2 Å². The number of methoxy groups -OCH3 is 1. The van der Waals surface area contributed by atoms with Gasteiger partial charge in [-0.05, 0) is 83.7 Å². The van der Waals surface area contributed by atoms with Crippen LogP contribution in [0.3, 0.4) is 0 Å². The number of ether oxygens (including phenoxy) is 2. The van der Waals surface area contributed by atoms with E-state index in [0.29, 0.717) is 29.8 Å². The summed E-state index contributed by atoms with van der Waals surface area (Å²) in [6, 6.07) is 10.8. The Morgan fingerprint density at radius 1 is 0.925 bits per heavy atom. The van der Waals surface area contributed by atoms with Crippen LogP contribution < -0.4 is 15.4 Å². The van der Waals surface area contributed by atoms with Gasteiger partial charge in [-0.25, -0.2) is 4.79 Å². The van der Waals surface area contributed by atoms with Gasteiger partial charge in [-0.15, -0.1) is 0 Å². The highest BCUT2D eigenvalue weighted by Gasteiger charge is 2.40. The molecule has 3 amide bonds. The molecule has 8 heteroatoms. The van der Waals surface area contributed by atoms with Gasteiger partial charge in [0, 0.05) is 11.7 Å². The van der Waals surface area contributed by atoms with Crippen molar-refractivity contribution in [2.45, 2.75) is 98.9 Å². The monoisotopic (exact) mass is 553 g/mol. The Morgan fingerprint density at radius 3 is 1.98 bits per heavy atom. The van der Waals surface area contributed by atoms with Crippen molar-refractivity contribution in [2.75, 3.05) is 12.4 Å². The summed E-state index contributed by atoms with van der Waals surface area (Å²) in [5.74, 6) is -0.200. The Labute approximate surface area is 239 Å². The summed E-state index contributed by atoms with van der Waals surface area (Å²) in [6.45, 7) is 17.0. The standard InChI is InChI=1S/C32H47N3O5/c1-11-22(5)27(34-31(38)40-32(7,8)9)30(37)35(23(6)12-2)28(24-18-20(3)17-21(4)19-24)29(36)33-25-13-15-26(39-10)16-14-25/h13-19,22-23,27-28H,11-12H2,1-10H3,(H,33,36)(H,34,38). The third kappa shape index (κ3) is 9.00. The molecule has 0 heterocycles. The van der Waals surface area contributed by atoms with Gasteiger partial charge in [-0.2, -0.15) is 0 Å². The third-order valence-corrected chi connectivity index (χ3v) is 6.92. The van der Waals surface area contributed by atoms with Crippen LogP contribution in [0.1, 0.15) is 84.0 Å². The number of hydrogen-bond acceptors (Lipinski definition) is 5. The Balaban J connectivity index is 2.62. The second-order valence-electron chi connectivity index (χ2n) is 11.6. The number of hydrogen-bond donors (Lipinski definition) is 2. The molecule has 0 saturated carbocycles. The fraction of sp³-hybridized carbons (Fsp3) is 0.531. The van der Waals surface area contributed by atoms with Crippen molar-refractivity contribution >= 4 is 23.6 Å². The summed E-state index contributed by atoms with van der Waals surface area (Å²) in [4.78, 5) is 43.0. The molecule has 8 nitrogen and oxygen atoms in total. The lowest BCUT2D eigenvalue weighted by molar-refractivity contribution is -0.144. The SMILES string of the molecule is CCC(C)C(NC(=O)OC(C)(C)C)C(=O)N(C(C)CC)C(C(=O)Nc1ccc(OC)cc1)c1cc(C)cc(C)c1. The minimum Gasteiger partial charge on any atom is -0.497 e. The average Bonchev–Trinajstić information content (AvgIpc) is 2.87. The number of carbonyl (C=O) groups excluding carboxylic acids is 3. The summed E-state index contributed by atoms with van der Waals surface area (Å²) in [7, 11) is 1.58. The lowest BCUT2D eigenvalue weighted by atomic mass is 9.93. The van der Waals surface area contributed by atoms with Crippen LogP contribution in [0, 0.1) is 19.8 Å². The molecule has 0 radical (unpaired) electrons. The number of aryl methyl sites for hydroxylation is 2. The van der Waals surface area contributed by atoms with Crippen molar-refractivity contribution in [1.82, 2.24) is 10.2 Å². The van der Waals surface area contributed by atoms with Gasteiger partial charge in [0.15, 0.2) is 0 Å². The fourth-order valence-electron chi connectivity index (χ4n) is 4.56. The normalized spacial score (nSPS) is 14.3. The first kappa shape index (κ1) is 32.7. The van der Waals surface area contributed by atoms with E-state index in [4.69, 9.17) is 9.47 Å². The molecular formula is C32H47N3O5. The van der Waals surface area contributed by atoms with Crippen LogP contribution in [0.4, 0.5) is 10.5 Å². The Kier molecular flexibility index (Phi) is 11.6. The van der Waals surface area contributed by atoms with Crippen LogP contribution >= 0.6 is 0 Å². The van der Waals surface area contributed by atoms with E-state index in [-0.39, 0.29) is 23.8 Å². The molecule has 0 aliphatic rings. The number of nitrogens with one attached hydrogen (secondary N) is 2. The minimum absolute atomic E-state index is 0.198. The lowest BCUT2D eigenvalue weighted by Gasteiger charge is -2.39. The fourth-order valence-corrected chi connectivity index (χ4v) is 4.56. The van der Waals surface area contributed by atoms with Crippen LogP contribution in [-0.4, -0.2) is 47.6 Å². The van der Waals surface area contributed by atoms with Gasteiger partial charge in [0.05, 0.1) is 7.11 Å². The van der Waals surface area contributed by atoms with Gasteiger partial charge in [-0.3, -0.25) is 9.59 Å². The third-order valence-electron chi connectivity index (χ3n) is 6.92. The molecule has 2 aromatic rings. The number of alkyl carbamates (subject to hydrolysis) is 1. The summed E-state index contributed by atoms with van der Waals surface area (Å²) in [6.07, 6.45) is 0.593. The maximum Gasteiger partial charge on any atom is 0.408 e. The predicted octanol–water partition coefficient (Wildman–Crippen LogP) is 6.56. The second-order valence-corrected chi connectivity index (χ2v) is 11.6. The molecule has 220 valence electrons. The molecule has 0 fully saturated rings. The molecule has 40 heavy (non-hydrogen) atoms. The quantitative estimate of drug-likeness (QED) is 0.329. The Morgan fingerprint density at radius 2 is 1.50 bits per heavy atom. The molecule has 0 bridgehead atoms. The molecule has 2 aromatic carbocycles. The molecule has 2 N–H and O–H groups in total. The number of carbonyl (C=O) groups is 3. The number of amides is 3. The first-order valence-corrected chi connectivity index (χ1v) is 14.0. The van der Waals surface area contributed by atoms with Gasteiger partial charge >= 0.3 is 6.09 Å². The molecule has 4 atom stereocenters. The van der Waals surface area contributed by atoms with E-state index in [1.807, 2.05) is 59.7 Å². The van der Waals surface area contributed by atoms with Crippen LogP contribution in [0.2, 0.25) is 0 Å². The van der Waals surface area contributed by atoms with Crippen LogP contribution in [0.25, 0.3) is 0 Å². The molecule has 2 rings (SSSR count). The lowest BCUT2D eigenvalue weighted by Crippen LogP contribution is -2.56. The maximum absolute atomic E-state index is 14.4. The van der Waals surface area contributed by atoms with E-state index >= 15 is 0 Å². The molecule has 0 aromatic heterocycles. The second kappa shape index (κ2) is 14.2. The number of rotatable bonds is 11. The van der Waals surface area contributed by atoms with E-state index in [1.165, 1.54) is 0 Å². The van der Waals surface area contributed by atoms with Crippen LogP contribution in [0.15, 0.2) is 42.5 Å². The smallest absolute Gasteiger partial charge is 0.408 e. The summed E-state index contributed by atoms with van der Waals surface area (Å²) in [5, 5.41) is 5.81. The van der Waals surface area contributed by atoms with Crippen molar-refractivity contribution in [1.29, 1.82) is 0 Å². The Bertz CT molecular complexity index is 1140. The van der Waals surface area contributed by atoms with Gasteiger partial charge in [0.1, 0.15) is 23.4 Å². The highest BCUT2D eigenvalue weighted by atomic mass is 16.6. The average molecular weight is 554 g/mol. The number of anilines is 1. The molecule has 0 saturated heterocycles. The van der Waals surface area contributed by atoms with Gasteiger partial charge in [-0.1, -0.05) is 56.5 Å². The molecule has 0 spiro atoms. The largest absolute Gasteiger partial charge is 0.497 e. The van der Waals surface area contributed by atoms with Crippen molar-refractivity contribution < 1.29 is 23.9 Å². The zero-order chi connectivity index (χ0) is 30.2. The van der Waals surface area contributed by atoms with Gasteiger partial charge in [0.2, 0.25) is 5.91 Å². The highest BCUT2D eigenvalue weighted by Crippen LogP contribution is 2.30.